The van der Waals surface area contributed by atoms with Gasteiger partial charge in [-0.25, -0.2) is 0 Å². The van der Waals surface area contributed by atoms with Gasteiger partial charge in [0.25, 0.3) is 0 Å². The summed E-state index contributed by atoms with van der Waals surface area (Å²) in [6, 6.07) is -3.08. The third-order valence-corrected chi connectivity index (χ3v) is 1.81. The Morgan fingerprint density at radius 3 is 2.43 bits per heavy atom. The van der Waals surface area contributed by atoms with Crippen molar-refractivity contribution in [3.63, 3.8) is 0 Å². The molecule has 0 spiro atoms. The molecule has 0 radical (unpaired) electrons. The van der Waals surface area contributed by atoms with Crippen LogP contribution in [-0.2, 0) is 0 Å². The molecule has 0 aliphatic heterocycles. The zero-order valence-corrected chi connectivity index (χ0v) is 7.61. The molecule has 2 rings (SSSR count). The summed E-state index contributed by atoms with van der Waals surface area (Å²) in [6.07, 6.45) is 0. The fourth-order valence-corrected chi connectivity index (χ4v) is 1.14. The lowest BCUT2D eigenvalue weighted by Crippen LogP contribution is -2.29. The normalized spacial score (nSPS) is 16.5. The summed E-state index contributed by atoms with van der Waals surface area (Å²) in [6.45, 7) is 0. The van der Waals surface area contributed by atoms with E-state index in [1.54, 1.807) is 0 Å². The van der Waals surface area contributed by atoms with Crippen LogP contribution in [0.5, 0.6) is 0 Å². The third-order valence-electron chi connectivity index (χ3n) is 1.62. The minimum atomic E-state index is -2.15. The Hall–Kier alpha value is -1.03. The average molecular weight is 212 g/mol. The molecule has 0 saturated heterocycles. The molecular formula is C10H8BClO2. The van der Waals surface area contributed by atoms with Crippen molar-refractivity contribution in [1.82, 2.24) is 0 Å². The quantitative estimate of drug-likeness (QED) is 0.697. The lowest BCUT2D eigenvalue weighted by molar-refractivity contribution is 0.426. The maximum atomic E-state index is 9.20. The molecule has 0 aliphatic rings. The van der Waals surface area contributed by atoms with Crippen LogP contribution in [0.3, 0.4) is 0 Å². The predicted octanol–water partition coefficient (Wildman–Crippen LogP) is 1.17. The minimum absolute atomic E-state index is 0.213. The van der Waals surface area contributed by atoms with Crippen molar-refractivity contribution in [2.75, 3.05) is 0 Å². The maximum Gasteiger partial charge on any atom is 0.488 e. The second-order valence-corrected chi connectivity index (χ2v) is 2.98. The van der Waals surface area contributed by atoms with E-state index in [0.29, 0.717) is 0 Å². The molecule has 70 valence electrons. The molecule has 0 atom stereocenters. The predicted molar refractivity (Wildman–Crippen MR) is 58.8 cm³/mol. The van der Waals surface area contributed by atoms with E-state index in [2.05, 4.69) is 0 Å². The number of hydrogen-bond acceptors (Lipinski definition) is 2. The van der Waals surface area contributed by atoms with Gasteiger partial charge in [-0.1, -0.05) is 35.8 Å². The van der Waals surface area contributed by atoms with Gasteiger partial charge in [-0.3, -0.25) is 0 Å². The van der Waals surface area contributed by atoms with E-state index in [1.807, 2.05) is 0 Å². The average Bonchev–Trinajstić information content (AvgIpc) is 2.37. The SMILES string of the molecule is [2H]c1c(B(O)O)c([2H])c2c([2H])c([2H])c(Cl)c([2H])c2c1[2H]. The summed E-state index contributed by atoms with van der Waals surface area (Å²) in [7, 11) is -2.15. The lowest BCUT2D eigenvalue weighted by atomic mass is 9.79. The van der Waals surface area contributed by atoms with Crippen LogP contribution in [0.4, 0.5) is 0 Å². The maximum absolute atomic E-state index is 9.20. The van der Waals surface area contributed by atoms with Crippen molar-refractivity contribution >= 4 is 35.0 Å². The smallest absolute Gasteiger partial charge is 0.423 e. The summed E-state index contributed by atoms with van der Waals surface area (Å²) in [5.74, 6) is 0. The summed E-state index contributed by atoms with van der Waals surface area (Å²) in [5, 5.41) is 17.6. The molecule has 4 heteroatoms. The molecule has 0 fully saturated rings. The van der Waals surface area contributed by atoms with E-state index in [1.165, 1.54) is 0 Å². The highest BCUT2D eigenvalue weighted by Gasteiger charge is 2.10. The van der Waals surface area contributed by atoms with Gasteiger partial charge >= 0.3 is 7.12 Å². The van der Waals surface area contributed by atoms with Gasteiger partial charge in [-0.15, -0.1) is 0 Å². The van der Waals surface area contributed by atoms with Crippen LogP contribution in [0.2, 0.25) is 5.02 Å². The topological polar surface area (TPSA) is 40.5 Å². The second-order valence-electron chi connectivity index (χ2n) is 2.60. The zero-order valence-electron chi connectivity index (χ0n) is 12.8. The van der Waals surface area contributed by atoms with Crippen LogP contribution in [0.15, 0.2) is 36.3 Å². The molecule has 0 aliphatic carbocycles. The Labute approximate surface area is 95.3 Å². The summed E-state index contributed by atoms with van der Waals surface area (Å²) in [4.78, 5) is 0. The molecule has 2 aromatic rings. The van der Waals surface area contributed by atoms with Crippen LogP contribution in [0.1, 0.15) is 8.22 Å². The number of fused-ring (bicyclic) bond motifs is 1. The van der Waals surface area contributed by atoms with E-state index in [4.69, 9.17) is 19.8 Å². The molecule has 0 aromatic heterocycles. The number of hydrogen-bond donors (Lipinski definition) is 2. The van der Waals surface area contributed by atoms with Crippen LogP contribution >= 0.6 is 11.6 Å². The summed E-state index contributed by atoms with van der Waals surface area (Å²) in [5.41, 5.74) is -0.530. The monoisotopic (exact) mass is 212 g/mol. The molecule has 2 N–H and O–H groups in total. The van der Waals surface area contributed by atoms with Crippen molar-refractivity contribution in [3.8, 4) is 0 Å². The van der Waals surface area contributed by atoms with Gasteiger partial charge in [0.2, 0.25) is 0 Å². The number of benzene rings is 2. The van der Waals surface area contributed by atoms with E-state index < -0.39 is 48.8 Å². The van der Waals surface area contributed by atoms with Gasteiger partial charge in [0, 0.05) is 5.02 Å². The van der Waals surface area contributed by atoms with Crippen molar-refractivity contribution < 1.29 is 18.3 Å². The standard InChI is InChI=1S/C10H8BClO2/c12-10-4-2-7-5-9(11(13)14)3-1-8(7)6-10/h1-6,13-14H/i1D,2D,3D,4D,5D,6D. The van der Waals surface area contributed by atoms with E-state index in [0.717, 1.165) is 0 Å². The Morgan fingerprint density at radius 2 is 1.71 bits per heavy atom. The van der Waals surface area contributed by atoms with Crippen LogP contribution < -0.4 is 5.46 Å². The van der Waals surface area contributed by atoms with E-state index in [-0.39, 0.29) is 15.8 Å². The van der Waals surface area contributed by atoms with Crippen molar-refractivity contribution in [2.45, 2.75) is 0 Å². The van der Waals surface area contributed by atoms with Gasteiger partial charge in [0.15, 0.2) is 0 Å². The van der Waals surface area contributed by atoms with Crippen molar-refractivity contribution in [3.05, 3.63) is 41.3 Å². The Bertz CT molecular complexity index is 736. The highest BCUT2D eigenvalue weighted by molar-refractivity contribution is 6.58. The fourth-order valence-electron chi connectivity index (χ4n) is 0.996. The van der Waals surface area contributed by atoms with Gasteiger partial charge in [0.1, 0.15) is 0 Å². The largest absolute Gasteiger partial charge is 0.488 e. The third kappa shape index (κ3) is 1.75. The first-order valence-electron chi connectivity index (χ1n) is 6.74. The first-order chi connectivity index (χ1) is 9.20. The van der Waals surface area contributed by atoms with Crippen LogP contribution in [0, 0.1) is 0 Å². The Balaban J connectivity index is 3.17. The molecular weight excluding hydrogens is 198 g/mol. The molecule has 0 unspecified atom stereocenters. The Morgan fingerprint density at radius 1 is 1.07 bits per heavy atom. The highest BCUT2D eigenvalue weighted by atomic mass is 35.5. The Kier molecular flexibility index (Phi) is 1.20. The molecule has 0 amide bonds. The fraction of sp³-hybridized carbons (Fsp3) is 0. The molecule has 2 aromatic carbocycles. The molecule has 2 nitrogen and oxygen atoms in total. The summed E-state index contributed by atoms with van der Waals surface area (Å²) < 4.78 is 46.5. The minimum Gasteiger partial charge on any atom is -0.423 e. The van der Waals surface area contributed by atoms with E-state index >= 15 is 0 Å². The van der Waals surface area contributed by atoms with E-state index in [9.17, 15) is 10.0 Å². The zero-order chi connectivity index (χ0) is 15.4. The van der Waals surface area contributed by atoms with Gasteiger partial charge < -0.3 is 10.0 Å². The summed E-state index contributed by atoms with van der Waals surface area (Å²) >= 11 is 5.74. The molecule has 0 bridgehead atoms. The molecule has 0 heterocycles. The number of halogens is 1. The van der Waals surface area contributed by atoms with Gasteiger partial charge in [-0.05, 0) is 28.3 Å². The van der Waals surface area contributed by atoms with Crippen LogP contribution in [-0.4, -0.2) is 17.2 Å². The lowest BCUT2D eigenvalue weighted by Gasteiger charge is -2.02. The highest BCUT2D eigenvalue weighted by Crippen LogP contribution is 2.17. The molecule has 14 heavy (non-hydrogen) atoms. The van der Waals surface area contributed by atoms with Crippen LogP contribution in [0.25, 0.3) is 10.8 Å². The van der Waals surface area contributed by atoms with Crippen molar-refractivity contribution in [1.29, 1.82) is 0 Å². The van der Waals surface area contributed by atoms with Gasteiger partial charge in [-0.2, -0.15) is 0 Å². The first-order valence-corrected chi connectivity index (χ1v) is 4.12. The number of rotatable bonds is 1. The van der Waals surface area contributed by atoms with Crippen molar-refractivity contribution in [2.24, 2.45) is 0 Å². The first kappa shape index (κ1) is 4.66. The molecule has 0 saturated carbocycles. The second kappa shape index (κ2) is 3.61. The van der Waals surface area contributed by atoms with Gasteiger partial charge in [0.05, 0.1) is 8.22 Å².